The molecule has 0 spiro atoms. The molecule has 3 rings (SSSR count). The summed E-state index contributed by atoms with van der Waals surface area (Å²) in [5.41, 5.74) is 0. The van der Waals surface area contributed by atoms with E-state index in [0.717, 1.165) is 38.5 Å². The van der Waals surface area contributed by atoms with Gasteiger partial charge in [-0.3, -0.25) is 0 Å². The Balaban J connectivity index is 1.55. The molecule has 6 nitrogen and oxygen atoms in total. The molecular weight excluding hydrogens is 218 g/mol. The molecule has 17 heavy (non-hydrogen) atoms. The molecule has 0 bridgehead atoms. The van der Waals surface area contributed by atoms with Crippen molar-refractivity contribution in [1.82, 2.24) is 25.5 Å². The molecule has 0 aromatic carbocycles. The second-order valence-electron chi connectivity index (χ2n) is 5.02. The van der Waals surface area contributed by atoms with Crippen LogP contribution in [0.5, 0.6) is 0 Å². The summed E-state index contributed by atoms with van der Waals surface area (Å²) in [6.07, 6.45) is 4.95. The molecule has 6 heteroatoms. The molecule has 0 radical (unpaired) electrons. The first-order valence-corrected chi connectivity index (χ1v) is 6.48. The first kappa shape index (κ1) is 11.1. The van der Waals surface area contributed by atoms with Crippen molar-refractivity contribution in [3.8, 4) is 0 Å². The summed E-state index contributed by atoms with van der Waals surface area (Å²) in [6.45, 7) is 3.41. The predicted octanol–water partition coefficient (Wildman–Crippen LogP) is 0.352. The van der Waals surface area contributed by atoms with Gasteiger partial charge < -0.3 is 10.1 Å². The van der Waals surface area contributed by atoms with Crippen molar-refractivity contribution in [2.45, 2.75) is 44.8 Å². The van der Waals surface area contributed by atoms with Crippen LogP contribution in [0.4, 0.5) is 0 Å². The van der Waals surface area contributed by atoms with Crippen LogP contribution in [0.15, 0.2) is 0 Å². The second kappa shape index (κ2) is 5.10. The van der Waals surface area contributed by atoms with E-state index in [1.807, 2.05) is 4.68 Å². The lowest BCUT2D eigenvalue weighted by Gasteiger charge is -2.21. The van der Waals surface area contributed by atoms with E-state index in [4.69, 9.17) is 4.74 Å². The van der Waals surface area contributed by atoms with Crippen LogP contribution < -0.4 is 5.32 Å². The van der Waals surface area contributed by atoms with Crippen LogP contribution in [0, 0.1) is 5.92 Å². The molecule has 1 N–H and O–H groups in total. The number of tetrazole rings is 1. The van der Waals surface area contributed by atoms with Crippen molar-refractivity contribution < 1.29 is 4.74 Å². The van der Waals surface area contributed by atoms with Crippen LogP contribution in [-0.2, 0) is 17.8 Å². The number of nitrogens with one attached hydrogen (secondary N) is 1. The third-order valence-electron chi connectivity index (χ3n) is 3.42. The average Bonchev–Trinajstić information content (AvgIpc) is 3.09. The van der Waals surface area contributed by atoms with Crippen molar-refractivity contribution >= 4 is 0 Å². The molecule has 2 heterocycles. The average molecular weight is 237 g/mol. The number of aromatic nitrogens is 4. The molecule has 0 amide bonds. The van der Waals surface area contributed by atoms with E-state index in [1.165, 1.54) is 19.3 Å². The summed E-state index contributed by atoms with van der Waals surface area (Å²) in [5.74, 6) is 1.51. The minimum absolute atomic E-state index is 0.562. The molecular formula is C11H19N5O. The SMILES string of the molecule is C1COCC(Cn2nnnc2CNC2CC2)C1. The molecule has 94 valence electrons. The van der Waals surface area contributed by atoms with Crippen LogP contribution in [0.2, 0.25) is 0 Å². The van der Waals surface area contributed by atoms with Crippen molar-refractivity contribution in [3.05, 3.63) is 5.82 Å². The van der Waals surface area contributed by atoms with Gasteiger partial charge in [-0.2, -0.15) is 0 Å². The molecule has 1 saturated carbocycles. The van der Waals surface area contributed by atoms with Crippen molar-refractivity contribution in [2.24, 2.45) is 5.92 Å². The lowest BCUT2D eigenvalue weighted by atomic mass is 10.0. The van der Waals surface area contributed by atoms with Crippen LogP contribution in [0.25, 0.3) is 0 Å². The minimum atomic E-state index is 0.562. The topological polar surface area (TPSA) is 64.9 Å². The summed E-state index contributed by atoms with van der Waals surface area (Å²) in [5, 5.41) is 15.4. The maximum atomic E-state index is 5.48. The Hall–Kier alpha value is -1.01. The Bertz CT molecular complexity index is 356. The molecule has 2 fully saturated rings. The van der Waals surface area contributed by atoms with Gasteiger partial charge in [0.1, 0.15) is 0 Å². The van der Waals surface area contributed by atoms with Gasteiger partial charge in [0, 0.05) is 25.1 Å². The van der Waals surface area contributed by atoms with E-state index < -0.39 is 0 Å². The summed E-state index contributed by atoms with van der Waals surface area (Å²) < 4.78 is 7.41. The van der Waals surface area contributed by atoms with Crippen molar-refractivity contribution in [3.63, 3.8) is 0 Å². The largest absolute Gasteiger partial charge is 0.381 e. The maximum Gasteiger partial charge on any atom is 0.165 e. The highest BCUT2D eigenvalue weighted by molar-refractivity contribution is 4.87. The van der Waals surface area contributed by atoms with E-state index >= 15 is 0 Å². The van der Waals surface area contributed by atoms with Crippen LogP contribution >= 0.6 is 0 Å². The number of hydrogen-bond donors (Lipinski definition) is 1. The molecule has 1 atom stereocenters. The summed E-state index contributed by atoms with van der Waals surface area (Å²) >= 11 is 0. The number of ether oxygens (including phenoxy) is 1. The predicted molar refractivity (Wildman–Crippen MR) is 61.2 cm³/mol. The molecule has 1 unspecified atom stereocenters. The summed E-state index contributed by atoms with van der Waals surface area (Å²) in [7, 11) is 0. The van der Waals surface area contributed by atoms with Crippen molar-refractivity contribution in [1.29, 1.82) is 0 Å². The number of hydrogen-bond acceptors (Lipinski definition) is 5. The molecule has 1 aromatic rings. The zero-order chi connectivity index (χ0) is 11.5. The molecule has 1 aromatic heterocycles. The van der Waals surface area contributed by atoms with Gasteiger partial charge in [-0.1, -0.05) is 0 Å². The smallest absolute Gasteiger partial charge is 0.165 e. The first-order valence-electron chi connectivity index (χ1n) is 6.48. The lowest BCUT2D eigenvalue weighted by molar-refractivity contribution is 0.0464. The molecule has 1 saturated heterocycles. The van der Waals surface area contributed by atoms with Crippen LogP contribution in [-0.4, -0.2) is 39.5 Å². The minimum Gasteiger partial charge on any atom is -0.381 e. The summed E-state index contributed by atoms with van der Waals surface area (Å²) in [6, 6.07) is 0.693. The van der Waals surface area contributed by atoms with Crippen molar-refractivity contribution in [2.75, 3.05) is 13.2 Å². The first-order chi connectivity index (χ1) is 8.42. The number of nitrogens with zero attached hydrogens (tertiary/aromatic N) is 4. The van der Waals surface area contributed by atoms with Gasteiger partial charge in [0.2, 0.25) is 0 Å². The standard InChI is InChI=1S/C11H19N5O/c1-2-9(8-17-5-1)7-16-11(13-14-15-16)6-12-10-3-4-10/h9-10,12H,1-8H2. The lowest BCUT2D eigenvalue weighted by Crippen LogP contribution is -2.25. The fourth-order valence-electron chi connectivity index (χ4n) is 2.21. The van der Waals surface area contributed by atoms with Gasteiger partial charge in [-0.15, -0.1) is 5.10 Å². The normalized spacial score (nSPS) is 25.1. The van der Waals surface area contributed by atoms with E-state index in [-0.39, 0.29) is 0 Å². The van der Waals surface area contributed by atoms with Gasteiger partial charge in [-0.25, -0.2) is 4.68 Å². The van der Waals surface area contributed by atoms with Crippen LogP contribution in [0.1, 0.15) is 31.5 Å². The highest BCUT2D eigenvalue weighted by Gasteiger charge is 2.22. The molecule has 2 aliphatic rings. The van der Waals surface area contributed by atoms with E-state index in [1.54, 1.807) is 0 Å². The van der Waals surface area contributed by atoms with Gasteiger partial charge >= 0.3 is 0 Å². The van der Waals surface area contributed by atoms with E-state index in [0.29, 0.717) is 12.0 Å². The van der Waals surface area contributed by atoms with E-state index in [9.17, 15) is 0 Å². The van der Waals surface area contributed by atoms with Gasteiger partial charge in [-0.05, 0) is 36.1 Å². The maximum absolute atomic E-state index is 5.48. The fraction of sp³-hybridized carbons (Fsp3) is 0.909. The van der Waals surface area contributed by atoms with Crippen LogP contribution in [0.3, 0.4) is 0 Å². The Morgan fingerprint density at radius 2 is 2.29 bits per heavy atom. The van der Waals surface area contributed by atoms with Gasteiger partial charge in [0.15, 0.2) is 5.82 Å². The zero-order valence-electron chi connectivity index (χ0n) is 10.0. The summed E-state index contributed by atoms with van der Waals surface area (Å²) in [4.78, 5) is 0. The Morgan fingerprint density at radius 3 is 3.06 bits per heavy atom. The zero-order valence-corrected chi connectivity index (χ0v) is 10.0. The molecule has 1 aliphatic heterocycles. The molecule has 1 aliphatic carbocycles. The van der Waals surface area contributed by atoms with E-state index in [2.05, 4.69) is 20.8 Å². The third-order valence-corrected chi connectivity index (χ3v) is 3.42. The third kappa shape index (κ3) is 3.01. The van der Waals surface area contributed by atoms with Gasteiger partial charge in [0.05, 0.1) is 13.2 Å². The highest BCUT2D eigenvalue weighted by atomic mass is 16.5. The quantitative estimate of drug-likeness (QED) is 0.800. The Morgan fingerprint density at radius 1 is 1.35 bits per heavy atom. The Labute approximate surface area is 101 Å². The highest BCUT2D eigenvalue weighted by Crippen LogP contribution is 2.19. The fourth-order valence-corrected chi connectivity index (χ4v) is 2.21. The number of rotatable bonds is 5. The monoisotopic (exact) mass is 237 g/mol. The second-order valence-corrected chi connectivity index (χ2v) is 5.02. The van der Waals surface area contributed by atoms with Gasteiger partial charge in [0.25, 0.3) is 0 Å². The Kier molecular flexibility index (Phi) is 3.33.